The lowest BCUT2D eigenvalue weighted by Crippen LogP contribution is -2.37. The summed E-state index contributed by atoms with van der Waals surface area (Å²) in [5, 5.41) is 3.04. The van der Waals surface area contributed by atoms with Crippen LogP contribution in [0.15, 0.2) is 41.9 Å². The zero-order chi connectivity index (χ0) is 18.8. The second-order valence-corrected chi connectivity index (χ2v) is 7.93. The lowest BCUT2D eigenvalue weighted by Gasteiger charge is -2.25. The Balaban J connectivity index is 1.52. The third-order valence-corrected chi connectivity index (χ3v) is 5.89. The molecular weight excluding hydrogens is 358 g/mol. The van der Waals surface area contributed by atoms with E-state index in [1.54, 1.807) is 18.4 Å². The van der Waals surface area contributed by atoms with Crippen molar-refractivity contribution in [3.8, 4) is 17.0 Å². The van der Waals surface area contributed by atoms with E-state index in [9.17, 15) is 4.79 Å². The van der Waals surface area contributed by atoms with Gasteiger partial charge in [-0.25, -0.2) is 4.98 Å². The maximum atomic E-state index is 13.1. The zero-order valence-electron chi connectivity index (χ0n) is 15.6. The first-order valence-electron chi connectivity index (χ1n) is 9.19. The minimum atomic E-state index is 0.0607. The van der Waals surface area contributed by atoms with Gasteiger partial charge in [0.2, 0.25) is 0 Å². The minimum Gasteiger partial charge on any atom is -0.496 e. The number of rotatable bonds is 5. The van der Waals surface area contributed by atoms with Gasteiger partial charge in [-0.2, -0.15) is 0 Å². The third kappa shape index (κ3) is 3.62. The van der Waals surface area contributed by atoms with E-state index in [4.69, 9.17) is 4.74 Å². The first kappa shape index (κ1) is 17.8. The van der Waals surface area contributed by atoms with E-state index in [0.29, 0.717) is 5.69 Å². The van der Waals surface area contributed by atoms with E-state index in [-0.39, 0.29) is 11.9 Å². The number of amides is 1. The second-order valence-electron chi connectivity index (χ2n) is 6.86. The highest BCUT2D eigenvalue weighted by atomic mass is 32.1. The quantitative estimate of drug-likeness (QED) is 0.717. The molecule has 3 heterocycles. The molecule has 1 saturated heterocycles. The summed E-state index contributed by atoms with van der Waals surface area (Å²) in [7, 11) is 1.69. The number of thiazole rings is 1. The van der Waals surface area contributed by atoms with Gasteiger partial charge in [-0.15, -0.1) is 11.3 Å². The molecule has 0 saturated carbocycles. The van der Waals surface area contributed by atoms with E-state index in [1.807, 2.05) is 47.7 Å². The van der Waals surface area contributed by atoms with Crippen molar-refractivity contribution in [2.75, 3.05) is 13.7 Å². The van der Waals surface area contributed by atoms with Crippen LogP contribution in [0.1, 0.15) is 33.9 Å². The number of likely N-dealkylation sites (tertiary alicyclic amines) is 1. The maximum Gasteiger partial charge on any atom is 0.270 e. The molecule has 1 amide bonds. The monoisotopic (exact) mass is 381 g/mol. The van der Waals surface area contributed by atoms with Crippen LogP contribution < -0.4 is 4.74 Å². The van der Waals surface area contributed by atoms with Crippen molar-refractivity contribution < 1.29 is 9.53 Å². The fourth-order valence-corrected chi connectivity index (χ4v) is 4.38. The van der Waals surface area contributed by atoms with Crippen molar-refractivity contribution in [3.63, 3.8) is 0 Å². The Kier molecular flexibility index (Phi) is 4.99. The Labute approximate surface area is 163 Å². The number of hydrogen-bond acceptors (Lipinski definition) is 4. The lowest BCUT2D eigenvalue weighted by atomic mass is 10.0. The summed E-state index contributed by atoms with van der Waals surface area (Å²) in [5.41, 5.74) is 3.65. The number of nitrogens with zero attached hydrogens (tertiary/aromatic N) is 2. The summed E-state index contributed by atoms with van der Waals surface area (Å²) in [6, 6.07) is 10.2. The predicted molar refractivity (Wildman–Crippen MR) is 107 cm³/mol. The molecule has 1 aromatic carbocycles. The molecule has 140 valence electrons. The molecule has 2 aromatic heterocycles. The lowest BCUT2D eigenvalue weighted by molar-refractivity contribution is 0.0731. The van der Waals surface area contributed by atoms with E-state index in [2.05, 4.69) is 16.0 Å². The summed E-state index contributed by atoms with van der Waals surface area (Å²) in [6.07, 6.45) is 4.73. The van der Waals surface area contributed by atoms with Crippen molar-refractivity contribution in [2.24, 2.45) is 0 Å². The van der Waals surface area contributed by atoms with Gasteiger partial charge in [0.25, 0.3) is 5.91 Å². The van der Waals surface area contributed by atoms with Gasteiger partial charge in [0.05, 0.1) is 17.8 Å². The smallest absolute Gasteiger partial charge is 0.270 e. The molecule has 1 aliphatic rings. The molecule has 0 radical (unpaired) electrons. The van der Waals surface area contributed by atoms with Crippen LogP contribution in [0.4, 0.5) is 0 Å². The zero-order valence-corrected chi connectivity index (χ0v) is 16.4. The second kappa shape index (κ2) is 7.56. The average molecular weight is 382 g/mol. The number of aromatic amines is 1. The Hall–Kier alpha value is -2.60. The van der Waals surface area contributed by atoms with E-state index >= 15 is 0 Å². The molecule has 1 fully saturated rings. The molecule has 1 unspecified atom stereocenters. The number of ether oxygens (including phenoxy) is 1. The number of hydrogen-bond donors (Lipinski definition) is 1. The van der Waals surface area contributed by atoms with Gasteiger partial charge in [0.15, 0.2) is 0 Å². The van der Waals surface area contributed by atoms with Crippen LogP contribution in [-0.4, -0.2) is 40.5 Å². The fraction of sp³-hybridized carbons (Fsp3) is 0.333. The Morgan fingerprint density at radius 1 is 1.41 bits per heavy atom. The maximum absolute atomic E-state index is 13.1. The van der Waals surface area contributed by atoms with Crippen LogP contribution in [0.25, 0.3) is 11.3 Å². The Bertz CT molecular complexity index is 946. The van der Waals surface area contributed by atoms with E-state index < -0.39 is 0 Å². The van der Waals surface area contributed by atoms with E-state index in [0.717, 1.165) is 53.4 Å². The van der Waals surface area contributed by atoms with Gasteiger partial charge in [-0.1, -0.05) is 18.2 Å². The van der Waals surface area contributed by atoms with Crippen molar-refractivity contribution in [3.05, 3.63) is 58.2 Å². The van der Waals surface area contributed by atoms with Crippen LogP contribution >= 0.6 is 11.3 Å². The molecule has 1 aliphatic heterocycles. The first-order chi connectivity index (χ1) is 13.2. The molecule has 4 rings (SSSR count). The number of H-pyrrole nitrogens is 1. The number of carbonyl (C=O) groups excluding carboxylic acids is 1. The summed E-state index contributed by atoms with van der Waals surface area (Å²) >= 11 is 1.62. The highest BCUT2D eigenvalue weighted by Crippen LogP contribution is 2.28. The number of para-hydroxylation sites is 1. The van der Waals surface area contributed by atoms with Crippen LogP contribution in [0.2, 0.25) is 0 Å². The Morgan fingerprint density at radius 3 is 3.04 bits per heavy atom. The summed E-state index contributed by atoms with van der Waals surface area (Å²) < 4.78 is 5.47. The Morgan fingerprint density at radius 2 is 2.26 bits per heavy atom. The van der Waals surface area contributed by atoms with E-state index in [1.165, 1.54) is 0 Å². The molecule has 5 nitrogen and oxygen atoms in total. The van der Waals surface area contributed by atoms with Crippen LogP contribution in [0, 0.1) is 6.92 Å². The van der Waals surface area contributed by atoms with Crippen LogP contribution in [0.3, 0.4) is 0 Å². The topological polar surface area (TPSA) is 58.2 Å². The van der Waals surface area contributed by atoms with Crippen LogP contribution in [-0.2, 0) is 6.42 Å². The van der Waals surface area contributed by atoms with Crippen molar-refractivity contribution in [2.45, 2.75) is 32.2 Å². The molecule has 1 N–H and O–H groups in total. The SMILES string of the molecule is COc1ccccc1CC1CCCN1C(=O)c1cc(-c2csc(C)n2)c[nH]1. The number of methoxy groups -OCH3 is 1. The minimum absolute atomic E-state index is 0.0607. The highest BCUT2D eigenvalue weighted by Gasteiger charge is 2.30. The fourth-order valence-electron chi connectivity index (χ4n) is 3.76. The molecule has 3 aromatic rings. The normalized spacial score (nSPS) is 16.7. The number of nitrogens with one attached hydrogen (secondary N) is 1. The molecule has 27 heavy (non-hydrogen) atoms. The molecule has 1 atom stereocenters. The summed E-state index contributed by atoms with van der Waals surface area (Å²) in [5.74, 6) is 0.948. The molecule has 0 bridgehead atoms. The standard InChI is InChI=1S/C21H23N3O2S/c1-14-23-19(13-27-14)16-11-18(22-12-16)21(25)24-9-5-7-17(24)10-15-6-3-4-8-20(15)26-2/h3-4,6,8,11-13,17,22H,5,7,9-10H2,1-2H3. The van der Waals surface area contributed by atoms with Gasteiger partial charge >= 0.3 is 0 Å². The van der Waals surface area contributed by atoms with Gasteiger partial charge in [-0.05, 0) is 43.9 Å². The number of aryl methyl sites for hydroxylation is 1. The first-order valence-corrected chi connectivity index (χ1v) is 10.1. The third-order valence-electron chi connectivity index (χ3n) is 5.11. The molecule has 0 aliphatic carbocycles. The number of benzene rings is 1. The summed E-state index contributed by atoms with van der Waals surface area (Å²) in [4.78, 5) is 22.7. The molecule has 0 spiro atoms. The number of carbonyl (C=O) groups is 1. The summed E-state index contributed by atoms with van der Waals surface area (Å²) in [6.45, 7) is 2.78. The molecule has 6 heteroatoms. The molecular formula is C21H23N3O2S. The predicted octanol–water partition coefficient (Wildman–Crippen LogP) is 4.30. The van der Waals surface area contributed by atoms with Crippen molar-refractivity contribution in [1.29, 1.82) is 0 Å². The van der Waals surface area contributed by atoms with Crippen molar-refractivity contribution >= 4 is 17.2 Å². The number of aromatic nitrogens is 2. The largest absolute Gasteiger partial charge is 0.496 e. The van der Waals surface area contributed by atoms with Gasteiger partial charge in [0.1, 0.15) is 11.4 Å². The average Bonchev–Trinajstić information content (AvgIpc) is 3.42. The van der Waals surface area contributed by atoms with Gasteiger partial charge in [0, 0.05) is 29.7 Å². The van der Waals surface area contributed by atoms with Gasteiger partial charge < -0.3 is 14.6 Å². The highest BCUT2D eigenvalue weighted by molar-refractivity contribution is 7.09. The van der Waals surface area contributed by atoms with Crippen LogP contribution in [0.5, 0.6) is 5.75 Å². The van der Waals surface area contributed by atoms with Crippen molar-refractivity contribution in [1.82, 2.24) is 14.9 Å². The van der Waals surface area contributed by atoms with Gasteiger partial charge in [-0.3, -0.25) is 4.79 Å².